The molecule has 1 heterocycles. The van der Waals surface area contributed by atoms with Crippen molar-refractivity contribution in [3.8, 4) is 0 Å². The van der Waals surface area contributed by atoms with E-state index in [1.54, 1.807) is 12.0 Å². The molecule has 0 saturated heterocycles. The van der Waals surface area contributed by atoms with Crippen molar-refractivity contribution in [2.45, 2.75) is 19.9 Å². The van der Waals surface area contributed by atoms with Gasteiger partial charge in [0.2, 0.25) is 5.82 Å². The Labute approximate surface area is 111 Å². The maximum Gasteiger partial charge on any atom is 0.311 e. The topological polar surface area (TPSA) is 68.5 Å². The molecule has 0 atom stereocenters. The van der Waals surface area contributed by atoms with Gasteiger partial charge in [-0.05, 0) is 19.9 Å². The number of methoxy groups -OCH3 is 1. The summed E-state index contributed by atoms with van der Waals surface area (Å²) in [6.45, 7) is 4.84. The van der Waals surface area contributed by atoms with Gasteiger partial charge in [0.05, 0.1) is 11.5 Å². The van der Waals surface area contributed by atoms with E-state index in [0.717, 1.165) is 0 Å². The highest BCUT2D eigenvalue weighted by molar-refractivity contribution is 6.29. The Kier molecular flexibility index (Phi) is 5.30. The van der Waals surface area contributed by atoms with E-state index in [1.165, 1.54) is 12.1 Å². The molecule has 1 aromatic heterocycles. The van der Waals surface area contributed by atoms with Crippen molar-refractivity contribution in [1.29, 1.82) is 0 Å². The fourth-order valence-corrected chi connectivity index (χ4v) is 1.71. The monoisotopic (exact) mass is 273 g/mol. The second kappa shape index (κ2) is 6.51. The standard InChI is InChI=1S/C11H16ClN3O3/c1-8(2)14(6-7-18-3)11-9(15(16)17)4-5-10(12)13-11/h4-5,8H,6-7H2,1-3H3. The second-order valence-electron chi connectivity index (χ2n) is 4.01. The number of anilines is 1. The lowest BCUT2D eigenvalue weighted by Gasteiger charge is -2.27. The largest absolute Gasteiger partial charge is 0.383 e. The van der Waals surface area contributed by atoms with Crippen LogP contribution in [0, 0.1) is 10.1 Å². The first-order valence-electron chi connectivity index (χ1n) is 5.54. The zero-order chi connectivity index (χ0) is 13.7. The zero-order valence-electron chi connectivity index (χ0n) is 10.6. The lowest BCUT2D eigenvalue weighted by Crippen LogP contribution is -2.35. The van der Waals surface area contributed by atoms with E-state index in [1.807, 2.05) is 13.8 Å². The van der Waals surface area contributed by atoms with E-state index >= 15 is 0 Å². The normalized spacial score (nSPS) is 10.7. The van der Waals surface area contributed by atoms with Gasteiger partial charge >= 0.3 is 5.69 Å². The van der Waals surface area contributed by atoms with E-state index in [2.05, 4.69) is 4.98 Å². The van der Waals surface area contributed by atoms with Crippen molar-refractivity contribution in [3.05, 3.63) is 27.4 Å². The van der Waals surface area contributed by atoms with Crippen LogP contribution >= 0.6 is 11.6 Å². The minimum atomic E-state index is -0.457. The molecule has 0 N–H and O–H groups in total. The third kappa shape index (κ3) is 3.54. The van der Waals surface area contributed by atoms with Crippen molar-refractivity contribution in [2.75, 3.05) is 25.2 Å². The van der Waals surface area contributed by atoms with Gasteiger partial charge in [-0.3, -0.25) is 10.1 Å². The zero-order valence-corrected chi connectivity index (χ0v) is 11.3. The molecule has 0 spiro atoms. The lowest BCUT2D eigenvalue weighted by atomic mass is 10.3. The van der Waals surface area contributed by atoms with E-state index in [9.17, 15) is 10.1 Å². The minimum absolute atomic E-state index is 0.0517. The second-order valence-corrected chi connectivity index (χ2v) is 4.40. The minimum Gasteiger partial charge on any atom is -0.383 e. The van der Waals surface area contributed by atoms with Crippen molar-refractivity contribution in [3.63, 3.8) is 0 Å². The Morgan fingerprint density at radius 3 is 2.72 bits per heavy atom. The molecule has 1 aromatic rings. The average molecular weight is 274 g/mol. The summed E-state index contributed by atoms with van der Waals surface area (Å²) in [4.78, 5) is 16.4. The summed E-state index contributed by atoms with van der Waals surface area (Å²) in [5.41, 5.74) is -0.0517. The molecule has 7 heteroatoms. The van der Waals surface area contributed by atoms with Gasteiger partial charge in [0, 0.05) is 25.8 Å². The molecule has 1 rings (SSSR count). The first-order chi connectivity index (χ1) is 8.47. The summed E-state index contributed by atoms with van der Waals surface area (Å²) in [7, 11) is 1.58. The van der Waals surface area contributed by atoms with Crippen LogP contribution in [0.25, 0.3) is 0 Å². The number of hydrogen-bond donors (Lipinski definition) is 0. The molecular formula is C11H16ClN3O3. The molecule has 18 heavy (non-hydrogen) atoms. The van der Waals surface area contributed by atoms with Crippen LogP contribution in [-0.4, -0.2) is 36.2 Å². The van der Waals surface area contributed by atoms with Crippen LogP contribution in [0.1, 0.15) is 13.8 Å². The molecule has 100 valence electrons. The summed E-state index contributed by atoms with van der Waals surface area (Å²) in [5.74, 6) is 0.277. The molecule has 0 unspecified atom stereocenters. The Morgan fingerprint density at radius 2 is 2.22 bits per heavy atom. The molecule has 0 aliphatic heterocycles. The van der Waals surface area contributed by atoms with Gasteiger partial charge in [0.25, 0.3) is 0 Å². The third-order valence-corrected chi connectivity index (χ3v) is 2.66. The van der Waals surface area contributed by atoms with E-state index in [0.29, 0.717) is 13.2 Å². The number of nitro groups is 1. The molecule has 0 radical (unpaired) electrons. The van der Waals surface area contributed by atoms with Gasteiger partial charge in [-0.2, -0.15) is 0 Å². The molecule has 0 bridgehead atoms. The molecule has 0 aromatic carbocycles. The Hall–Kier alpha value is -1.40. The lowest BCUT2D eigenvalue weighted by molar-refractivity contribution is -0.384. The van der Waals surface area contributed by atoms with Gasteiger partial charge in [-0.1, -0.05) is 11.6 Å². The Bertz CT molecular complexity index is 426. The van der Waals surface area contributed by atoms with Crippen molar-refractivity contribution >= 4 is 23.1 Å². The summed E-state index contributed by atoms with van der Waals surface area (Å²) in [5, 5.41) is 11.2. The molecule has 0 amide bonds. The summed E-state index contributed by atoms with van der Waals surface area (Å²) < 4.78 is 5.00. The smallest absolute Gasteiger partial charge is 0.311 e. The van der Waals surface area contributed by atoms with Crippen LogP contribution < -0.4 is 4.90 Å². The highest BCUT2D eigenvalue weighted by Crippen LogP contribution is 2.28. The third-order valence-electron chi connectivity index (χ3n) is 2.45. The van der Waals surface area contributed by atoms with Crippen molar-refractivity contribution < 1.29 is 9.66 Å². The number of hydrogen-bond acceptors (Lipinski definition) is 5. The molecule has 0 saturated carbocycles. The molecule has 0 aliphatic rings. The highest BCUT2D eigenvalue weighted by Gasteiger charge is 2.23. The first kappa shape index (κ1) is 14.7. The van der Waals surface area contributed by atoms with Gasteiger partial charge in [0.15, 0.2) is 0 Å². The van der Waals surface area contributed by atoms with Crippen molar-refractivity contribution in [1.82, 2.24) is 4.98 Å². The number of halogens is 1. The molecule has 0 aliphatic carbocycles. The Balaban J connectivity index is 3.16. The van der Waals surface area contributed by atoms with Gasteiger partial charge < -0.3 is 9.64 Å². The van der Waals surface area contributed by atoms with Crippen molar-refractivity contribution in [2.24, 2.45) is 0 Å². The highest BCUT2D eigenvalue weighted by atomic mass is 35.5. The summed E-state index contributed by atoms with van der Waals surface area (Å²) >= 11 is 5.81. The fraction of sp³-hybridized carbons (Fsp3) is 0.545. The predicted octanol–water partition coefficient (Wildman–Crippen LogP) is 2.50. The van der Waals surface area contributed by atoms with Crippen LogP contribution in [0.15, 0.2) is 12.1 Å². The maximum atomic E-state index is 11.0. The number of rotatable bonds is 6. The molecule has 0 fully saturated rings. The van der Waals surface area contributed by atoms with Crippen LogP contribution in [0.2, 0.25) is 5.15 Å². The molecular weight excluding hydrogens is 258 g/mol. The number of pyridine rings is 1. The van der Waals surface area contributed by atoms with Crippen LogP contribution in [0.5, 0.6) is 0 Å². The predicted molar refractivity (Wildman–Crippen MR) is 70.3 cm³/mol. The molecule has 6 nitrogen and oxygen atoms in total. The van der Waals surface area contributed by atoms with E-state index in [-0.39, 0.29) is 22.7 Å². The Morgan fingerprint density at radius 1 is 1.56 bits per heavy atom. The van der Waals surface area contributed by atoms with Crippen LogP contribution in [0.3, 0.4) is 0 Å². The van der Waals surface area contributed by atoms with Crippen LogP contribution in [0.4, 0.5) is 11.5 Å². The summed E-state index contributed by atoms with van der Waals surface area (Å²) in [6, 6.07) is 2.84. The fourth-order valence-electron chi connectivity index (χ4n) is 1.57. The number of aromatic nitrogens is 1. The van der Waals surface area contributed by atoms with E-state index in [4.69, 9.17) is 16.3 Å². The van der Waals surface area contributed by atoms with Gasteiger partial charge in [-0.15, -0.1) is 0 Å². The van der Waals surface area contributed by atoms with Gasteiger partial charge in [-0.25, -0.2) is 4.98 Å². The van der Waals surface area contributed by atoms with Gasteiger partial charge in [0.1, 0.15) is 5.15 Å². The quantitative estimate of drug-likeness (QED) is 0.452. The first-order valence-corrected chi connectivity index (χ1v) is 5.91. The maximum absolute atomic E-state index is 11.0. The number of nitrogens with zero attached hydrogens (tertiary/aromatic N) is 3. The SMILES string of the molecule is COCCN(c1nc(Cl)ccc1[N+](=O)[O-])C(C)C. The number of ether oxygens (including phenoxy) is 1. The van der Waals surface area contributed by atoms with Crippen LogP contribution in [-0.2, 0) is 4.74 Å². The summed E-state index contributed by atoms with van der Waals surface area (Å²) in [6.07, 6.45) is 0. The van der Waals surface area contributed by atoms with E-state index < -0.39 is 4.92 Å². The average Bonchev–Trinajstić information content (AvgIpc) is 2.28.